The van der Waals surface area contributed by atoms with Crippen LogP contribution >= 0.6 is 0 Å². The van der Waals surface area contributed by atoms with E-state index < -0.39 is 6.03 Å². The first kappa shape index (κ1) is 18.9. The van der Waals surface area contributed by atoms with Crippen molar-refractivity contribution in [1.82, 2.24) is 14.8 Å². The lowest BCUT2D eigenvalue weighted by molar-refractivity contribution is -0.130. The molecule has 7 heteroatoms. The summed E-state index contributed by atoms with van der Waals surface area (Å²) in [5, 5.41) is 0. The number of aryl methyl sites for hydroxylation is 1. The minimum absolute atomic E-state index is 0.0111. The minimum atomic E-state index is -0.424. The third kappa shape index (κ3) is 3.50. The summed E-state index contributed by atoms with van der Waals surface area (Å²) in [6.07, 6.45) is 0.989. The number of carbonyl (C=O) groups is 4. The average molecular weight is 347 g/mol. The first-order chi connectivity index (χ1) is 11.7. The van der Waals surface area contributed by atoms with Gasteiger partial charge in [-0.05, 0) is 39.7 Å². The van der Waals surface area contributed by atoms with E-state index in [1.54, 1.807) is 18.7 Å². The number of rotatable bonds is 6. The Hall–Kier alpha value is -2.44. The molecule has 1 aliphatic rings. The zero-order chi connectivity index (χ0) is 18.9. The Morgan fingerprint density at radius 2 is 1.88 bits per heavy atom. The fraction of sp³-hybridized carbons (Fsp3) is 0.556. The summed E-state index contributed by atoms with van der Waals surface area (Å²) in [5.74, 6) is -0.843. The maximum Gasteiger partial charge on any atom is 0.327 e. The van der Waals surface area contributed by atoms with E-state index >= 15 is 0 Å². The van der Waals surface area contributed by atoms with E-state index in [0.717, 1.165) is 11.3 Å². The molecule has 1 saturated heterocycles. The van der Waals surface area contributed by atoms with Crippen molar-refractivity contribution in [3.63, 3.8) is 0 Å². The SMILES string of the molecule is CCC(C)N1CCC(=O)N(CC(=O)c2[nH]c(C)c(C(C)=O)c2C)C1=O. The molecule has 1 aromatic heterocycles. The maximum atomic E-state index is 12.7. The van der Waals surface area contributed by atoms with Crippen LogP contribution in [0.1, 0.15) is 65.7 Å². The third-order valence-electron chi connectivity index (χ3n) is 4.84. The normalized spacial score (nSPS) is 16.4. The molecular weight excluding hydrogens is 322 g/mol. The van der Waals surface area contributed by atoms with E-state index in [2.05, 4.69) is 4.98 Å². The zero-order valence-corrected chi connectivity index (χ0v) is 15.4. The van der Waals surface area contributed by atoms with Crippen molar-refractivity contribution < 1.29 is 19.2 Å². The largest absolute Gasteiger partial charge is 0.355 e. The van der Waals surface area contributed by atoms with Crippen LogP contribution in [-0.4, -0.2) is 57.4 Å². The highest BCUT2D eigenvalue weighted by Gasteiger charge is 2.35. The second-order valence-electron chi connectivity index (χ2n) is 6.57. The Morgan fingerprint density at radius 1 is 1.24 bits per heavy atom. The predicted molar refractivity (Wildman–Crippen MR) is 92.8 cm³/mol. The first-order valence-electron chi connectivity index (χ1n) is 8.53. The highest BCUT2D eigenvalue weighted by molar-refractivity contribution is 6.07. The fourth-order valence-corrected chi connectivity index (χ4v) is 3.27. The number of aromatic amines is 1. The molecule has 25 heavy (non-hydrogen) atoms. The molecule has 0 saturated carbocycles. The van der Waals surface area contributed by atoms with Crippen LogP contribution in [0.2, 0.25) is 0 Å². The molecule has 1 unspecified atom stereocenters. The van der Waals surface area contributed by atoms with E-state index in [4.69, 9.17) is 0 Å². The van der Waals surface area contributed by atoms with Crippen molar-refractivity contribution in [2.45, 2.75) is 53.5 Å². The Kier molecular flexibility index (Phi) is 5.45. The summed E-state index contributed by atoms with van der Waals surface area (Å²) in [6.45, 7) is 8.82. The van der Waals surface area contributed by atoms with Gasteiger partial charge in [0.2, 0.25) is 5.91 Å². The second kappa shape index (κ2) is 7.21. The van der Waals surface area contributed by atoms with E-state index in [1.165, 1.54) is 6.92 Å². The second-order valence-corrected chi connectivity index (χ2v) is 6.57. The Balaban J connectivity index is 2.24. The summed E-state index contributed by atoms with van der Waals surface area (Å²) in [7, 11) is 0. The van der Waals surface area contributed by atoms with E-state index in [-0.39, 0.29) is 42.2 Å². The zero-order valence-electron chi connectivity index (χ0n) is 15.4. The lowest BCUT2D eigenvalue weighted by Gasteiger charge is -2.37. The van der Waals surface area contributed by atoms with E-state index in [1.807, 2.05) is 13.8 Å². The van der Waals surface area contributed by atoms with Crippen LogP contribution in [0.15, 0.2) is 0 Å². The number of carbonyl (C=O) groups excluding carboxylic acids is 4. The number of Topliss-reactive ketones (excluding diaryl/α,β-unsaturated/α-hetero) is 2. The van der Waals surface area contributed by atoms with Crippen molar-refractivity contribution >= 4 is 23.5 Å². The van der Waals surface area contributed by atoms with Crippen LogP contribution in [0.3, 0.4) is 0 Å². The van der Waals surface area contributed by atoms with Gasteiger partial charge in [0.15, 0.2) is 11.6 Å². The van der Waals surface area contributed by atoms with Crippen LogP contribution in [0.25, 0.3) is 0 Å². The summed E-state index contributed by atoms with van der Waals surface area (Å²) in [4.78, 5) is 54.7. The minimum Gasteiger partial charge on any atom is -0.355 e. The van der Waals surface area contributed by atoms with Crippen LogP contribution < -0.4 is 0 Å². The third-order valence-corrected chi connectivity index (χ3v) is 4.84. The highest BCUT2D eigenvalue weighted by atomic mass is 16.2. The van der Waals surface area contributed by atoms with Gasteiger partial charge in [-0.1, -0.05) is 6.92 Å². The van der Waals surface area contributed by atoms with Gasteiger partial charge < -0.3 is 9.88 Å². The Bertz CT molecular complexity index is 735. The van der Waals surface area contributed by atoms with Gasteiger partial charge in [-0.3, -0.25) is 19.3 Å². The molecule has 0 spiro atoms. The molecule has 0 radical (unpaired) electrons. The van der Waals surface area contributed by atoms with Crippen molar-refractivity contribution in [3.8, 4) is 0 Å². The number of ketones is 2. The number of H-pyrrole nitrogens is 1. The summed E-state index contributed by atoms with van der Waals surface area (Å²) in [5.41, 5.74) is 1.95. The molecule has 0 aromatic carbocycles. The average Bonchev–Trinajstić information content (AvgIpc) is 2.85. The number of nitrogens with one attached hydrogen (secondary N) is 1. The molecule has 136 valence electrons. The highest BCUT2D eigenvalue weighted by Crippen LogP contribution is 2.21. The van der Waals surface area contributed by atoms with Gasteiger partial charge in [-0.15, -0.1) is 0 Å². The summed E-state index contributed by atoms with van der Waals surface area (Å²) >= 11 is 0. The monoisotopic (exact) mass is 347 g/mol. The Labute approximate surface area is 147 Å². The number of urea groups is 1. The molecule has 1 atom stereocenters. The number of hydrogen-bond donors (Lipinski definition) is 1. The molecule has 1 aromatic rings. The van der Waals surface area contributed by atoms with Gasteiger partial charge in [-0.25, -0.2) is 4.79 Å². The molecule has 2 heterocycles. The molecule has 0 aliphatic carbocycles. The number of nitrogens with zero attached hydrogens (tertiary/aromatic N) is 2. The lowest BCUT2D eigenvalue weighted by Crippen LogP contribution is -2.56. The van der Waals surface area contributed by atoms with Gasteiger partial charge in [-0.2, -0.15) is 0 Å². The molecule has 3 amide bonds. The molecule has 0 bridgehead atoms. The molecular formula is C18H25N3O4. The fourth-order valence-electron chi connectivity index (χ4n) is 3.27. The standard InChI is InChI=1S/C18H25N3O4/c1-6-10(2)20-8-7-15(24)21(18(20)25)9-14(23)17-11(3)16(13(5)22)12(4)19-17/h10,19H,6-9H2,1-5H3. The van der Waals surface area contributed by atoms with Crippen molar-refractivity contribution in [3.05, 3.63) is 22.5 Å². The van der Waals surface area contributed by atoms with Crippen molar-refractivity contribution in [2.75, 3.05) is 13.1 Å². The van der Waals surface area contributed by atoms with Gasteiger partial charge in [0.05, 0.1) is 12.2 Å². The van der Waals surface area contributed by atoms with Crippen LogP contribution in [0, 0.1) is 13.8 Å². The first-order valence-corrected chi connectivity index (χ1v) is 8.53. The summed E-state index contributed by atoms with van der Waals surface area (Å²) in [6, 6.07) is -0.413. The predicted octanol–water partition coefficient (Wildman–Crippen LogP) is 2.47. The number of amides is 3. The Morgan fingerprint density at radius 3 is 2.40 bits per heavy atom. The smallest absolute Gasteiger partial charge is 0.327 e. The number of imide groups is 1. The van der Waals surface area contributed by atoms with E-state index in [0.29, 0.717) is 23.4 Å². The molecule has 7 nitrogen and oxygen atoms in total. The maximum absolute atomic E-state index is 12.7. The number of hydrogen-bond acceptors (Lipinski definition) is 4. The van der Waals surface area contributed by atoms with Gasteiger partial charge in [0, 0.05) is 30.3 Å². The topological polar surface area (TPSA) is 90.6 Å². The van der Waals surface area contributed by atoms with Crippen LogP contribution in [0.5, 0.6) is 0 Å². The van der Waals surface area contributed by atoms with Crippen molar-refractivity contribution in [2.24, 2.45) is 0 Å². The van der Waals surface area contributed by atoms with Crippen LogP contribution in [0.4, 0.5) is 4.79 Å². The molecule has 1 aliphatic heterocycles. The van der Waals surface area contributed by atoms with Crippen LogP contribution in [-0.2, 0) is 4.79 Å². The molecule has 1 fully saturated rings. The van der Waals surface area contributed by atoms with E-state index in [9.17, 15) is 19.2 Å². The van der Waals surface area contributed by atoms with Gasteiger partial charge in [0.25, 0.3) is 0 Å². The van der Waals surface area contributed by atoms with Gasteiger partial charge >= 0.3 is 6.03 Å². The number of aromatic nitrogens is 1. The quantitative estimate of drug-likeness (QED) is 0.800. The lowest BCUT2D eigenvalue weighted by atomic mass is 10.0. The van der Waals surface area contributed by atoms with Gasteiger partial charge in [0.1, 0.15) is 0 Å². The van der Waals surface area contributed by atoms with Crippen molar-refractivity contribution in [1.29, 1.82) is 0 Å². The summed E-state index contributed by atoms with van der Waals surface area (Å²) < 4.78 is 0. The molecule has 2 rings (SSSR count). The molecule has 1 N–H and O–H groups in total.